The van der Waals surface area contributed by atoms with E-state index in [0.29, 0.717) is 22.0 Å². The van der Waals surface area contributed by atoms with Gasteiger partial charge in [-0.1, -0.05) is 26.0 Å². The third kappa shape index (κ3) is 10.5. The lowest BCUT2D eigenvalue weighted by molar-refractivity contribution is -0.131. The molecule has 0 radical (unpaired) electrons. The molecule has 2 aromatic rings. The highest BCUT2D eigenvalue weighted by Gasteiger charge is 2.27. The molecule has 1 heterocycles. The molecule has 0 spiro atoms. The monoisotopic (exact) mass is 576 g/mol. The largest absolute Gasteiger partial charge is 0.444 e. The SMILES string of the molecule is CC(C)[C@H](NC(=O)CCNC(=O)OC(C)(C)C)C(=O)N[C@@H](C)C(=O)Nc1ccc(Cn2c(=O)[nH]cc(F)c2=O)cc1. The first-order valence-electron chi connectivity index (χ1n) is 13.0. The summed E-state index contributed by atoms with van der Waals surface area (Å²) in [6.45, 7) is 9.94. The molecule has 0 bridgehead atoms. The van der Waals surface area contributed by atoms with E-state index in [9.17, 15) is 33.2 Å². The summed E-state index contributed by atoms with van der Waals surface area (Å²) in [4.78, 5) is 75.4. The minimum atomic E-state index is -1.08. The highest BCUT2D eigenvalue weighted by atomic mass is 19.1. The summed E-state index contributed by atoms with van der Waals surface area (Å²) < 4.78 is 19.3. The van der Waals surface area contributed by atoms with Gasteiger partial charge in [-0.25, -0.2) is 9.59 Å². The molecule has 4 amide bonds. The second-order valence-corrected chi connectivity index (χ2v) is 10.7. The van der Waals surface area contributed by atoms with E-state index in [1.165, 1.54) is 19.1 Å². The number of nitrogens with zero attached hydrogens (tertiary/aromatic N) is 1. The van der Waals surface area contributed by atoms with Crippen LogP contribution in [0.2, 0.25) is 0 Å². The number of H-pyrrole nitrogens is 1. The molecule has 1 aromatic heterocycles. The van der Waals surface area contributed by atoms with Crippen molar-refractivity contribution >= 4 is 29.5 Å². The lowest BCUT2D eigenvalue weighted by atomic mass is 10.0. The fourth-order valence-electron chi connectivity index (χ4n) is 3.50. The predicted octanol–water partition coefficient (Wildman–Crippen LogP) is 1.22. The van der Waals surface area contributed by atoms with E-state index in [4.69, 9.17) is 4.74 Å². The lowest BCUT2D eigenvalue weighted by Gasteiger charge is -2.24. The molecule has 0 unspecified atom stereocenters. The summed E-state index contributed by atoms with van der Waals surface area (Å²) in [6, 6.07) is 4.28. The van der Waals surface area contributed by atoms with E-state index < -0.39 is 58.6 Å². The van der Waals surface area contributed by atoms with E-state index in [2.05, 4.69) is 26.3 Å². The maximum atomic E-state index is 13.5. The summed E-state index contributed by atoms with van der Waals surface area (Å²) in [5.41, 5.74) is -1.59. The van der Waals surface area contributed by atoms with Crippen LogP contribution in [0.25, 0.3) is 0 Å². The van der Waals surface area contributed by atoms with Crippen LogP contribution in [0.4, 0.5) is 14.9 Å². The van der Waals surface area contributed by atoms with Crippen LogP contribution in [0, 0.1) is 11.7 Å². The van der Waals surface area contributed by atoms with Gasteiger partial charge in [-0.15, -0.1) is 0 Å². The Morgan fingerprint density at radius 3 is 2.22 bits per heavy atom. The number of hydrogen-bond acceptors (Lipinski definition) is 7. The van der Waals surface area contributed by atoms with Crippen LogP contribution in [-0.4, -0.2) is 57.6 Å². The van der Waals surface area contributed by atoms with Gasteiger partial charge in [0.2, 0.25) is 23.5 Å². The molecule has 224 valence electrons. The van der Waals surface area contributed by atoms with Gasteiger partial charge in [-0.2, -0.15) is 4.39 Å². The average molecular weight is 577 g/mol. The Morgan fingerprint density at radius 1 is 1.00 bits per heavy atom. The van der Waals surface area contributed by atoms with Crippen molar-refractivity contribution in [2.75, 3.05) is 11.9 Å². The third-order valence-electron chi connectivity index (χ3n) is 5.62. The second-order valence-electron chi connectivity index (χ2n) is 10.7. The normalized spacial score (nSPS) is 12.7. The molecule has 2 rings (SSSR count). The van der Waals surface area contributed by atoms with Gasteiger partial charge in [0.25, 0.3) is 5.56 Å². The number of halogens is 1. The predicted molar refractivity (Wildman–Crippen MR) is 149 cm³/mol. The molecule has 0 fully saturated rings. The van der Waals surface area contributed by atoms with Crippen molar-refractivity contribution in [3.63, 3.8) is 0 Å². The minimum Gasteiger partial charge on any atom is -0.444 e. The number of aromatic amines is 1. The number of carbonyl (C=O) groups is 4. The standard InChI is InChI=1S/C27H37FN6O7/c1-15(2)21(33-20(35)11-12-29-26(40)41-27(4,5)6)23(37)31-16(3)22(36)32-18-9-7-17(8-10-18)14-34-24(38)19(28)13-30-25(34)39/h7-10,13,15-16,21H,11-12,14H2,1-6H3,(H,29,40)(H,30,39)(H,31,37)(H,32,36)(H,33,35)/t16-,21-/m0/s1. The molecule has 0 aliphatic heterocycles. The molecule has 14 heteroatoms. The van der Waals surface area contributed by atoms with Gasteiger partial charge in [-0.3, -0.25) is 23.7 Å². The summed E-state index contributed by atoms with van der Waals surface area (Å²) in [5, 5.41) is 10.3. The first-order valence-corrected chi connectivity index (χ1v) is 13.0. The Balaban J connectivity index is 1.89. The number of anilines is 1. The Bertz CT molecular complexity index is 1360. The maximum Gasteiger partial charge on any atom is 0.407 e. The molecule has 1 aromatic carbocycles. The van der Waals surface area contributed by atoms with Crippen molar-refractivity contribution < 1.29 is 28.3 Å². The zero-order valence-electron chi connectivity index (χ0n) is 23.9. The average Bonchev–Trinajstić information content (AvgIpc) is 2.87. The van der Waals surface area contributed by atoms with Crippen molar-refractivity contribution in [3.8, 4) is 0 Å². The van der Waals surface area contributed by atoms with Gasteiger partial charge in [0.1, 0.15) is 17.7 Å². The Morgan fingerprint density at radius 2 is 1.63 bits per heavy atom. The molecule has 0 aliphatic carbocycles. The molecular weight excluding hydrogens is 539 g/mol. The molecule has 0 saturated carbocycles. The first kappa shape index (κ1) is 32.7. The first-order chi connectivity index (χ1) is 19.1. The van der Waals surface area contributed by atoms with E-state index in [-0.39, 0.29) is 25.4 Å². The number of rotatable bonds is 11. The lowest BCUT2D eigenvalue weighted by Crippen LogP contribution is -2.54. The molecule has 5 N–H and O–H groups in total. The van der Waals surface area contributed by atoms with Gasteiger partial charge in [0.15, 0.2) is 0 Å². The molecule has 0 aliphatic rings. The number of hydrogen-bond donors (Lipinski definition) is 5. The van der Waals surface area contributed by atoms with Gasteiger partial charge in [0, 0.05) is 24.8 Å². The molecule has 41 heavy (non-hydrogen) atoms. The molecule has 0 saturated heterocycles. The molecule has 2 atom stereocenters. The van der Waals surface area contributed by atoms with Crippen molar-refractivity contribution in [1.82, 2.24) is 25.5 Å². The number of amides is 4. The fraction of sp³-hybridized carbons (Fsp3) is 0.481. The van der Waals surface area contributed by atoms with Crippen LogP contribution < -0.4 is 32.5 Å². The number of alkyl carbamates (subject to hydrolysis) is 1. The highest BCUT2D eigenvalue weighted by Crippen LogP contribution is 2.11. The smallest absolute Gasteiger partial charge is 0.407 e. The van der Waals surface area contributed by atoms with Crippen LogP contribution in [0.5, 0.6) is 0 Å². The Kier molecular flexibility index (Phi) is 11.4. The van der Waals surface area contributed by atoms with Crippen molar-refractivity contribution in [3.05, 3.63) is 62.7 Å². The quantitative estimate of drug-likeness (QED) is 0.267. The summed E-state index contributed by atoms with van der Waals surface area (Å²) in [5.74, 6) is -2.93. The number of ether oxygens (including phenoxy) is 1. The van der Waals surface area contributed by atoms with Gasteiger partial charge in [0.05, 0.1) is 6.54 Å². The van der Waals surface area contributed by atoms with Crippen LogP contribution in [0.3, 0.4) is 0 Å². The maximum absolute atomic E-state index is 13.5. The van der Waals surface area contributed by atoms with Crippen molar-refractivity contribution in [1.29, 1.82) is 0 Å². The molecule has 13 nitrogen and oxygen atoms in total. The summed E-state index contributed by atoms with van der Waals surface area (Å²) >= 11 is 0. The second kappa shape index (κ2) is 14.2. The number of benzene rings is 1. The molecular formula is C27H37FN6O7. The van der Waals surface area contributed by atoms with Crippen LogP contribution in [0.15, 0.2) is 40.1 Å². The van der Waals surface area contributed by atoms with E-state index in [0.717, 1.165) is 0 Å². The van der Waals surface area contributed by atoms with Crippen molar-refractivity contribution in [2.24, 2.45) is 5.92 Å². The van der Waals surface area contributed by atoms with Gasteiger partial charge in [-0.05, 0) is 51.3 Å². The van der Waals surface area contributed by atoms with E-state index in [1.54, 1.807) is 46.8 Å². The van der Waals surface area contributed by atoms with Crippen LogP contribution in [0.1, 0.15) is 53.5 Å². The number of carbonyl (C=O) groups excluding carboxylic acids is 4. The number of aromatic nitrogens is 2. The summed E-state index contributed by atoms with van der Waals surface area (Å²) in [7, 11) is 0. The third-order valence-corrected chi connectivity index (χ3v) is 5.62. The van der Waals surface area contributed by atoms with Gasteiger partial charge < -0.3 is 31.0 Å². The highest BCUT2D eigenvalue weighted by molar-refractivity contribution is 5.98. The number of nitrogens with one attached hydrogen (secondary N) is 5. The zero-order valence-corrected chi connectivity index (χ0v) is 23.9. The summed E-state index contributed by atoms with van der Waals surface area (Å²) in [6.07, 6.45) is -0.0385. The van der Waals surface area contributed by atoms with E-state index >= 15 is 0 Å². The van der Waals surface area contributed by atoms with E-state index in [1.807, 2.05) is 0 Å². The Labute approximate surface area is 236 Å². The van der Waals surface area contributed by atoms with Crippen molar-refractivity contribution in [2.45, 2.75) is 72.2 Å². The Hall–Kier alpha value is -4.49. The minimum absolute atomic E-state index is 0.0141. The van der Waals surface area contributed by atoms with Gasteiger partial charge >= 0.3 is 11.8 Å². The fourth-order valence-corrected chi connectivity index (χ4v) is 3.50. The van der Waals surface area contributed by atoms with Crippen LogP contribution >= 0.6 is 0 Å². The van der Waals surface area contributed by atoms with Crippen LogP contribution in [-0.2, 0) is 25.7 Å². The zero-order chi connectivity index (χ0) is 30.9. The topological polar surface area (TPSA) is 180 Å².